The number of phenols is 1. The molecule has 244 valence electrons. The number of carbonyl (C=O) groups is 1. The number of methoxy groups -OCH3 is 2. The van der Waals surface area contributed by atoms with Gasteiger partial charge in [-0.1, -0.05) is 18.2 Å². The van der Waals surface area contributed by atoms with Gasteiger partial charge in [-0.25, -0.2) is 4.79 Å². The first-order valence-electron chi connectivity index (χ1n) is 14.7. The van der Waals surface area contributed by atoms with E-state index in [1.165, 1.54) is 20.2 Å². The topological polar surface area (TPSA) is 198 Å². The van der Waals surface area contributed by atoms with Crippen molar-refractivity contribution >= 4 is 5.97 Å². The predicted octanol–water partition coefficient (Wildman–Crippen LogP) is 0.846. The third-order valence-electron chi connectivity index (χ3n) is 9.40. The van der Waals surface area contributed by atoms with Crippen LogP contribution >= 0.6 is 0 Å². The number of likely N-dealkylation sites (N-methyl/N-ethyl adjacent to an activating group) is 1. The van der Waals surface area contributed by atoms with E-state index < -0.39 is 47.9 Å². The lowest BCUT2D eigenvalue weighted by Crippen LogP contribution is -2.87. The summed E-state index contributed by atoms with van der Waals surface area (Å²) < 4.78 is 35.9. The van der Waals surface area contributed by atoms with Crippen LogP contribution in [-0.2, 0) is 9.53 Å². The quantitative estimate of drug-likeness (QED) is 0.192. The molecule has 0 radical (unpaired) electrons. The number of hydrogen-bond donors (Lipinski definition) is 7. The van der Waals surface area contributed by atoms with Crippen molar-refractivity contribution in [1.82, 2.24) is 10.6 Å². The molecule has 4 heterocycles. The minimum atomic E-state index is -2.47. The van der Waals surface area contributed by atoms with Gasteiger partial charge in [0, 0.05) is 23.7 Å². The summed E-state index contributed by atoms with van der Waals surface area (Å²) in [4.78, 5) is 12.6. The van der Waals surface area contributed by atoms with Gasteiger partial charge in [-0.05, 0) is 42.4 Å². The number of phenolic OH excluding ortho intramolecular Hbond substituents is 1. The molecule has 4 aliphatic rings. The second-order valence-corrected chi connectivity index (χ2v) is 11.7. The molecule has 3 aromatic rings. The highest BCUT2D eigenvalue weighted by molar-refractivity contribution is 5.81. The maximum atomic E-state index is 12.6. The van der Waals surface area contributed by atoms with Crippen molar-refractivity contribution in [3.63, 3.8) is 0 Å². The Morgan fingerprint density at radius 3 is 2.61 bits per heavy atom. The minimum absolute atomic E-state index is 0.00975. The van der Waals surface area contributed by atoms with E-state index in [0.717, 1.165) is 5.56 Å². The van der Waals surface area contributed by atoms with Crippen molar-refractivity contribution in [2.75, 3.05) is 34.4 Å². The number of aromatic hydroxyl groups is 1. The van der Waals surface area contributed by atoms with Crippen LogP contribution in [0.4, 0.5) is 0 Å². The summed E-state index contributed by atoms with van der Waals surface area (Å²) in [5.41, 5.74) is -2.16. The second-order valence-electron chi connectivity index (χ2n) is 11.7. The molecule has 3 aromatic carbocycles. The molecule has 2 saturated heterocycles. The summed E-state index contributed by atoms with van der Waals surface area (Å²) in [6.07, 6.45) is -6.24. The Morgan fingerprint density at radius 1 is 1.11 bits per heavy atom. The number of piperidine rings is 1. The highest BCUT2D eigenvalue weighted by Crippen LogP contribution is 2.58. The van der Waals surface area contributed by atoms with Crippen LogP contribution < -0.4 is 34.3 Å². The largest absolute Gasteiger partial charge is 0.508 e. The number of rotatable bonds is 7. The molecule has 8 unspecified atom stereocenters. The lowest BCUT2D eigenvalue weighted by Gasteiger charge is -2.58. The molecule has 0 aromatic heterocycles. The normalized spacial score (nSPS) is 32.2. The number of nitrogens with one attached hydrogen (secondary N) is 2. The highest BCUT2D eigenvalue weighted by Gasteiger charge is 2.71. The van der Waals surface area contributed by atoms with E-state index in [4.69, 9.17) is 28.4 Å². The molecule has 0 amide bonds. The highest BCUT2D eigenvalue weighted by atomic mass is 16.7. The van der Waals surface area contributed by atoms with E-state index in [2.05, 4.69) is 10.6 Å². The molecule has 0 spiro atoms. The van der Waals surface area contributed by atoms with Gasteiger partial charge in [0.25, 0.3) is 0 Å². The first kappa shape index (κ1) is 30.3. The van der Waals surface area contributed by atoms with Crippen molar-refractivity contribution < 1.29 is 58.7 Å². The lowest BCUT2D eigenvalue weighted by molar-refractivity contribution is -0.362. The van der Waals surface area contributed by atoms with Gasteiger partial charge in [-0.3, -0.25) is 5.32 Å². The number of fused-ring (bicyclic) bond motifs is 7. The molecule has 0 aliphatic carbocycles. The van der Waals surface area contributed by atoms with Crippen LogP contribution in [0.25, 0.3) is 11.1 Å². The fourth-order valence-corrected chi connectivity index (χ4v) is 7.07. The average Bonchev–Trinajstić information content (AvgIpc) is 3.43. The van der Waals surface area contributed by atoms with Gasteiger partial charge in [0.05, 0.1) is 32.8 Å². The Balaban J connectivity index is 1.32. The van der Waals surface area contributed by atoms with Crippen molar-refractivity contribution in [2.24, 2.45) is 0 Å². The smallest absolute Gasteiger partial charge is 0.340 e. The number of carboxylic acid groups (broad SMARTS) is 1. The fraction of sp³-hybridized carbons (Fsp3) is 0.406. The monoisotopic (exact) mass is 638 g/mol. The molecule has 46 heavy (non-hydrogen) atoms. The van der Waals surface area contributed by atoms with E-state index in [0.29, 0.717) is 39.7 Å². The molecular weight excluding hydrogens is 604 g/mol. The number of aliphatic hydroxyl groups excluding tert-OH is 2. The standard InChI is InChI=1S/C32H34N2O12/c1-33-22-12-34-32(40)27(36)28(46-31(22,29(32)37)30(38)39)44-16-10-18(14-5-4-6-15(35)9-14)23-21(11-16)43-13-19-17-7-8-20(41-2)26(42-3)25(17)45-24(19)23/h4-11,19,22,24,27-29,33-37,40H,12-13H2,1-3H3,(H,38,39). The van der Waals surface area contributed by atoms with E-state index >= 15 is 0 Å². The number of aliphatic carboxylic acids is 1. The number of benzene rings is 3. The molecular formula is C32H34N2O12. The molecule has 0 saturated carbocycles. The van der Waals surface area contributed by atoms with Gasteiger partial charge in [-0.15, -0.1) is 0 Å². The zero-order valence-corrected chi connectivity index (χ0v) is 25.1. The van der Waals surface area contributed by atoms with Crippen LogP contribution in [0.5, 0.6) is 34.5 Å². The van der Waals surface area contributed by atoms with E-state index in [1.54, 1.807) is 43.5 Å². The van der Waals surface area contributed by atoms with Gasteiger partial charge < -0.3 is 59.3 Å². The maximum absolute atomic E-state index is 12.6. The first-order chi connectivity index (χ1) is 22.1. The zero-order valence-electron chi connectivity index (χ0n) is 25.1. The molecule has 4 aliphatic heterocycles. The summed E-state index contributed by atoms with van der Waals surface area (Å²) >= 11 is 0. The molecule has 14 nitrogen and oxygen atoms in total. The van der Waals surface area contributed by atoms with Crippen molar-refractivity contribution in [1.29, 1.82) is 0 Å². The molecule has 14 heteroatoms. The molecule has 8 atom stereocenters. The van der Waals surface area contributed by atoms with Crippen LogP contribution in [0.15, 0.2) is 48.5 Å². The summed E-state index contributed by atoms with van der Waals surface area (Å²) in [5, 5.41) is 59.5. The summed E-state index contributed by atoms with van der Waals surface area (Å²) in [6, 6.07) is 12.4. The van der Waals surface area contributed by atoms with Crippen LogP contribution in [-0.4, -0.2) is 102 Å². The zero-order chi connectivity index (χ0) is 32.5. The van der Waals surface area contributed by atoms with Gasteiger partial charge in [-0.2, -0.15) is 0 Å². The Kier molecular flexibility index (Phi) is 7.19. The van der Waals surface area contributed by atoms with E-state index in [9.17, 15) is 30.3 Å². The summed E-state index contributed by atoms with van der Waals surface area (Å²) in [5.74, 6) is 0.190. The number of hydrogen-bond acceptors (Lipinski definition) is 13. The van der Waals surface area contributed by atoms with Gasteiger partial charge in [0.1, 0.15) is 29.5 Å². The molecule has 2 fully saturated rings. The van der Waals surface area contributed by atoms with Crippen LogP contribution in [0.1, 0.15) is 23.1 Å². The van der Waals surface area contributed by atoms with Crippen molar-refractivity contribution in [3.05, 3.63) is 59.7 Å². The van der Waals surface area contributed by atoms with Gasteiger partial charge in [0.15, 0.2) is 23.3 Å². The third kappa shape index (κ3) is 4.22. The van der Waals surface area contributed by atoms with Crippen molar-refractivity contribution in [2.45, 2.75) is 47.9 Å². The Labute approximate surface area is 263 Å². The van der Waals surface area contributed by atoms with Crippen LogP contribution in [0.2, 0.25) is 0 Å². The molecule has 2 bridgehead atoms. The SMILES string of the molecule is CNC1CNC2(O)C(O)C(Oc3cc4c(c(-c5cccc(O)c5)c3)C3Oc5c(ccc(OC)c5OC)C3CO4)OC1(C(=O)O)C2O. The molecule has 7 rings (SSSR count). The predicted molar refractivity (Wildman–Crippen MR) is 158 cm³/mol. The van der Waals surface area contributed by atoms with Crippen molar-refractivity contribution in [3.8, 4) is 45.6 Å². The van der Waals surface area contributed by atoms with E-state index in [-0.39, 0.29) is 30.6 Å². The third-order valence-corrected chi connectivity index (χ3v) is 9.40. The Morgan fingerprint density at radius 2 is 1.91 bits per heavy atom. The lowest BCUT2D eigenvalue weighted by atomic mass is 9.74. The second kappa shape index (κ2) is 10.9. The number of aliphatic hydroxyl groups is 3. The van der Waals surface area contributed by atoms with Gasteiger partial charge in [0.2, 0.25) is 17.6 Å². The number of ether oxygens (including phenoxy) is 6. The summed E-state index contributed by atoms with van der Waals surface area (Å²) in [6.45, 7) is 0.101. The first-order valence-corrected chi connectivity index (χ1v) is 14.7. The minimum Gasteiger partial charge on any atom is -0.508 e. The number of carboxylic acids is 1. The van der Waals surface area contributed by atoms with E-state index in [1.807, 2.05) is 6.07 Å². The van der Waals surface area contributed by atoms with Crippen LogP contribution in [0, 0.1) is 0 Å². The fourth-order valence-electron chi connectivity index (χ4n) is 7.07. The average molecular weight is 639 g/mol. The Bertz CT molecular complexity index is 1700. The van der Waals surface area contributed by atoms with Crippen LogP contribution in [0.3, 0.4) is 0 Å². The maximum Gasteiger partial charge on any atom is 0.340 e. The molecule has 7 N–H and O–H groups in total. The Hall–Kier alpha value is -4.31. The summed E-state index contributed by atoms with van der Waals surface area (Å²) in [7, 11) is 4.56. The van der Waals surface area contributed by atoms with Gasteiger partial charge >= 0.3 is 5.97 Å².